The summed E-state index contributed by atoms with van der Waals surface area (Å²) in [6.45, 7) is 21.5. The quantitative estimate of drug-likeness (QED) is 0.244. The fraction of sp³-hybridized carbons (Fsp3) is 0.950. The Morgan fingerprint density at radius 3 is 1.12 bits per heavy atom. The van der Waals surface area contributed by atoms with E-state index in [1.807, 2.05) is 0 Å². The molecule has 1 aliphatic carbocycles. The topological polar surface area (TPSA) is 42.3 Å². The second-order valence-electron chi connectivity index (χ2n) is 8.79. The Hall–Kier alpha value is 1.15. The maximum absolute atomic E-state index is 5.23. The Kier molecular flexibility index (Phi) is 20.4. The smallest absolute Gasteiger partial charge is 0.668 e. The summed E-state index contributed by atoms with van der Waals surface area (Å²) in [4.78, 5) is 5.23. The minimum Gasteiger partial charge on any atom is -0.668 e. The number of nitrogens with zero attached hydrogens (tertiary/aromatic N) is 3. The Morgan fingerprint density at radius 2 is 0.920 bits per heavy atom. The van der Waals surface area contributed by atoms with Gasteiger partial charge in [-0.1, -0.05) is 75.3 Å². The van der Waals surface area contributed by atoms with Crippen LogP contribution in [0.2, 0.25) is 18.6 Å². The Labute approximate surface area is 186 Å². The number of hydrogen-bond acceptors (Lipinski definition) is 0. The number of hydrogen-bond donors (Lipinski definition) is 0. The molecule has 25 heavy (non-hydrogen) atoms. The minimum atomic E-state index is -1.49. The monoisotopic (exact) mass is 595 g/mol. The minimum absolute atomic E-state index is 0. The molecule has 0 heterocycles. The molecule has 0 spiro atoms. The van der Waals surface area contributed by atoms with Crippen LogP contribution in [-0.2, 0) is 0 Å². The molecule has 3 nitrogen and oxygen atoms in total. The third-order valence-corrected chi connectivity index (χ3v) is 8.99. The van der Waals surface area contributed by atoms with E-state index >= 15 is 0 Å². The molecule has 0 saturated heterocycles. The van der Waals surface area contributed by atoms with Crippen molar-refractivity contribution in [2.24, 2.45) is 23.7 Å². The molecule has 1 rings (SSSR count). The summed E-state index contributed by atoms with van der Waals surface area (Å²) >= 11 is 0. The van der Waals surface area contributed by atoms with Crippen LogP contribution in [0.1, 0.15) is 48.5 Å². The van der Waals surface area contributed by atoms with E-state index in [9.17, 15) is 0 Å². The van der Waals surface area contributed by atoms with Crippen LogP contribution in [0.15, 0.2) is 0 Å². The molecule has 0 aromatic heterocycles. The molecule has 0 amide bonds. The molecule has 0 aromatic carbocycles. The van der Waals surface area contributed by atoms with Gasteiger partial charge in [0, 0.05) is 0 Å². The van der Waals surface area contributed by atoms with Crippen LogP contribution >= 0.6 is 0 Å². The van der Waals surface area contributed by atoms with Gasteiger partial charge in [0.15, 0.2) is 0 Å². The van der Waals surface area contributed by atoms with Gasteiger partial charge in [-0.3, -0.25) is 0 Å². The van der Waals surface area contributed by atoms with Gasteiger partial charge in [-0.2, -0.15) is 28.2 Å². The molecule has 4 atom stereocenters. The normalized spacial score (nSPS) is 28.4. The molecule has 1 aliphatic rings. The second kappa shape index (κ2) is 15.1. The zero-order valence-electron chi connectivity index (χ0n) is 19.7. The first-order valence-electron chi connectivity index (χ1n) is 9.00. The molecule has 0 bridgehead atoms. The van der Waals surface area contributed by atoms with Crippen molar-refractivity contribution in [2.45, 2.75) is 72.6 Å². The van der Waals surface area contributed by atoms with Crippen molar-refractivity contribution in [3.05, 3.63) is 23.0 Å². The van der Waals surface area contributed by atoms with Gasteiger partial charge < -0.3 is 23.0 Å². The summed E-state index contributed by atoms with van der Waals surface area (Å²) in [5.74, 6) is 3.40. The summed E-state index contributed by atoms with van der Waals surface area (Å²) in [5.41, 5.74) is 0.983. The first-order valence-corrected chi connectivity index (χ1v) is 12.0. The molecule has 5 heteroatoms. The van der Waals surface area contributed by atoms with E-state index in [-0.39, 0.29) is 44.1 Å². The maximum Gasteiger partial charge on any atom is 4.00 e. The zero-order valence-corrected chi connectivity index (χ0v) is 24.9. The second-order valence-corrected chi connectivity index (χ2v) is 13.0. The Morgan fingerprint density at radius 1 is 0.680 bits per heavy atom. The summed E-state index contributed by atoms with van der Waals surface area (Å²) in [5, 5.41) is 7.00. The summed E-state index contributed by atoms with van der Waals surface area (Å²) < 4.78 is 0. The molecule has 150 valence electrons. The van der Waals surface area contributed by atoms with Crippen LogP contribution in [0.3, 0.4) is 0 Å². The van der Waals surface area contributed by atoms with Crippen LogP contribution in [0.4, 0.5) is 0 Å². The third-order valence-electron chi connectivity index (χ3n) is 5.06. The maximum atomic E-state index is 5.23. The largest absolute Gasteiger partial charge is 4.00 e. The van der Waals surface area contributed by atoms with Crippen LogP contribution in [0, 0.1) is 62.2 Å². The van der Waals surface area contributed by atoms with Gasteiger partial charge in [0.25, 0.3) is 0 Å². The first kappa shape index (κ1) is 33.7. The first-order chi connectivity index (χ1) is 10.3. The zero-order chi connectivity index (χ0) is 19.0. The summed E-state index contributed by atoms with van der Waals surface area (Å²) in [6.07, 6.45) is 0. The van der Waals surface area contributed by atoms with E-state index in [2.05, 4.69) is 72.2 Å². The predicted molar refractivity (Wildman–Crippen MR) is 118 cm³/mol. The average molecular weight is 596 g/mol. The van der Waals surface area contributed by atoms with Gasteiger partial charge in [-0.25, -0.2) is 0 Å². The molecular formula is C20H47N3SiU. The van der Waals surface area contributed by atoms with Crippen molar-refractivity contribution in [2.75, 3.05) is 28.2 Å². The number of rotatable bonds is 2. The predicted octanol–water partition coefficient (Wildman–Crippen LogP) is 6.98. The van der Waals surface area contributed by atoms with Gasteiger partial charge in [-0.05, 0) is 23.7 Å². The van der Waals surface area contributed by atoms with Gasteiger partial charge in [0.05, 0.1) is 0 Å². The van der Waals surface area contributed by atoms with Crippen LogP contribution in [0.5, 0.6) is 0 Å². The van der Waals surface area contributed by atoms with Gasteiger partial charge >= 0.3 is 31.1 Å². The van der Waals surface area contributed by atoms with Crippen molar-refractivity contribution >= 4 is 8.24 Å². The average Bonchev–Trinajstić information content (AvgIpc) is 2.53. The SMILES string of the molecule is CC1C(C)C(C)C([Si](C)(C)[N-]C(C)(C)C)C1C.C[N-]C.C[N-]C.[CH3-].[U+4]. The van der Waals surface area contributed by atoms with Gasteiger partial charge in [0.1, 0.15) is 0 Å². The van der Waals surface area contributed by atoms with Crippen LogP contribution in [0.25, 0.3) is 15.6 Å². The molecule has 1 fully saturated rings. The van der Waals surface area contributed by atoms with E-state index in [1.54, 1.807) is 28.2 Å². The van der Waals surface area contributed by atoms with Crippen molar-refractivity contribution in [3.8, 4) is 0 Å². The Bertz CT molecular complexity index is 290. The van der Waals surface area contributed by atoms with E-state index < -0.39 is 8.24 Å². The van der Waals surface area contributed by atoms with Crippen molar-refractivity contribution in [1.29, 1.82) is 0 Å². The standard InChI is InChI=1S/C15H32NSi.2C2H6N.CH3.U/c1-10-11(2)13(4)14(12(10)3)17(8,9)16-15(5,6)7;2*1-3-2;;/h10-14H,1-9H3;2*1-2H3;1H3;/q4*-1;+4. The van der Waals surface area contributed by atoms with Crippen LogP contribution in [-0.4, -0.2) is 42.0 Å². The van der Waals surface area contributed by atoms with E-state index in [4.69, 9.17) is 4.98 Å². The molecular weight excluding hydrogens is 548 g/mol. The van der Waals surface area contributed by atoms with E-state index in [0.29, 0.717) is 0 Å². The van der Waals surface area contributed by atoms with E-state index in [1.165, 1.54) is 0 Å². The molecule has 0 N–H and O–H groups in total. The molecule has 4 unspecified atom stereocenters. The fourth-order valence-corrected chi connectivity index (χ4v) is 9.37. The van der Waals surface area contributed by atoms with Crippen LogP contribution < -0.4 is 0 Å². The fourth-order valence-electron chi connectivity index (χ4n) is 4.32. The summed E-state index contributed by atoms with van der Waals surface area (Å²) in [6, 6.07) is 0. The molecule has 0 radical (unpaired) electrons. The summed E-state index contributed by atoms with van der Waals surface area (Å²) in [7, 11) is 5.51. The Balaban J connectivity index is -0.000000242. The van der Waals surface area contributed by atoms with Crippen molar-refractivity contribution < 1.29 is 31.1 Å². The molecule has 0 aliphatic heterocycles. The van der Waals surface area contributed by atoms with E-state index in [0.717, 1.165) is 29.2 Å². The van der Waals surface area contributed by atoms with Crippen molar-refractivity contribution in [3.63, 3.8) is 0 Å². The molecule has 1 saturated carbocycles. The third kappa shape index (κ3) is 12.3. The van der Waals surface area contributed by atoms with Crippen molar-refractivity contribution in [1.82, 2.24) is 0 Å². The van der Waals surface area contributed by atoms with Gasteiger partial charge in [-0.15, -0.1) is 5.54 Å². The molecule has 0 aromatic rings. The van der Waals surface area contributed by atoms with Gasteiger partial charge in [0.2, 0.25) is 0 Å².